The lowest BCUT2D eigenvalue weighted by atomic mass is 10.2. The Bertz CT molecular complexity index is 881. The fourth-order valence-corrected chi connectivity index (χ4v) is 3.28. The van der Waals surface area contributed by atoms with Gasteiger partial charge in [0.05, 0.1) is 7.11 Å². The largest absolute Gasteiger partial charge is 0.496 e. The smallest absolute Gasteiger partial charge is 0.316 e. The van der Waals surface area contributed by atoms with Gasteiger partial charge in [-0.3, -0.25) is 4.79 Å². The monoisotopic (exact) mass is 362 g/mol. The molecule has 2 aromatic heterocycles. The topological polar surface area (TPSA) is 108 Å². The summed E-state index contributed by atoms with van der Waals surface area (Å²) in [7, 11) is 1.61. The minimum atomic E-state index is -0.470. The normalized spacial score (nSPS) is 10.5. The molecule has 124 valence electrons. The van der Waals surface area contributed by atoms with Gasteiger partial charge < -0.3 is 15.9 Å². The maximum Gasteiger partial charge on any atom is 0.316 e. The van der Waals surface area contributed by atoms with Crippen LogP contribution in [0, 0.1) is 0 Å². The van der Waals surface area contributed by atoms with Crippen molar-refractivity contribution in [2.45, 2.75) is 10.9 Å². The minimum absolute atomic E-state index is 0.0362. The molecule has 10 heteroatoms. The molecule has 0 unspecified atom stereocenters. The lowest BCUT2D eigenvalue weighted by Gasteiger charge is -2.09. The van der Waals surface area contributed by atoms with Crippen LogP contribution in [-0.2, 0) is 5.75 Å². The predicted octanol–water partition coefficient (Wildman–Crippen LogP) is 1.85. The van der Waals surface area contributed by atoms with Gasteiger partial charge >= 0.3 is 5.56 Å². The van der Waals surface area contributed by atoms with E-state index in [1.165, 1.54) is 23.1 Å². The summed E-state index contributed by atoms with van der Waals surface area (Å²) in [4.78, 5) is 16.3. The number of ether oxygens (including phenoxy) is 1. The SMILES string of the molecule is COc1ccccc1CSc1nnc(Nc2nccs2)c(=O)n1N. The number of benzene rings is 1. The molecule has 0 aliphatic heterocycles. The Hall–Kier alpha value is -2.59. The summed E-state index contributed by atoms with van der Waals surface area (Å²) in [6, 6.07) is 7.63. The maximum absolute atomic E-state index is 12.3. The van der Waals surface area contributed by atoms with Gasteiger partial charge in [0, 0.05) is 22.9 Å². The van der Waals surface area contributed by atoms with E-state index in [9.17, 15) is 4.79 Å². The summed E-state index contributed by atoms with van der Waals surface area (Å²) >= 11 is 2.65. The third-order valence-corrected chi connectivity index (χ3v) is 4.75. The van der Waals surface area contributed by atoms with Crippen molar-refractivity contribution in [3.05, 3.63) is 51.8 Å². The average molecular weight is 362 g/mol. The third-order valence-electron chi connectivity index (χ3n) is 3.07. The highest BCUT2D eigenvalue weighted by Gasteiger charge is 2.12. The molecule has 0 amide bonds. The molecule has 0 saturated heterocycles. The van der Waals surface area contributed by atoms with Crippen LogP contribution in [0.15, 0.2) is 45.8 Å². The first kappa shape index (κ1) is 16.3. The second-order valence-corrected chi connectivity index (χ2v) is 6.41. The third kappa shape index (κ3) is 3.49. The maximum atomic E-state index is 12.3. The number of nitrogens with one attached hydrogen (secondary N) is 1. The number of para-hydroxylation sites is 1. The van der Waals surface area contributed by atoms with Crippen molar-refractivity contribution < 1.29 is 4.74 Å². The average Bonchev–Trinajstić information content (AvgIpc) is 3.12. The molecule has 0 saturated carbocycles. The molecule has 0 atom stereocenters. The summed E-state index contributed by atoms with van der Waals surface area (Å²) in [6.07, 6.45) is 1.62. The van der Waals surface area contributed by atoms with E-state index in [1.807, 2.05) is 24.3 Å². The summed E-state index contributed by atoms with van der Waals surface area (Å²) in [5, 5.41) is 13.4. The minimum Gasteiger partial charge on any atom is -0.496 e. The molecule has 3 N–H and O–H groups in total. The van der Waals surface area contributed by atoms with Crippen molar-refractivity contribution in [2.24, 2.45) is 0 Å². The number of nitrogen functional groups attached to an aromatic ring is 1. The van der Waals surface area contributed by atoms with Crippen molar-refractivity contribution in [1.29, 1.82) is 0 Å². The second-order valence-electron chi connectivity index (χ2n) is 4.57. The highest BCUT2D eigenvalue weighted by atomic mass is 32.2. The lowest BCUT2D eigenvalue weighted by molar-refractivity contribution is 0.411. The zero-order chi connectivity index (χ0) is 16.9. The second kappa shape index (κ2) is 7.32. The number of aromatic nitrogens is 4. The van der Waals surface area contributed by atoms with Gasteiger partial charge in [-0.05, 0) is 6.07 Å². The van der Waals surface area contributed by atoms with Gasteiger partial charge in [0.15, 0.2) is 5.13 Å². The Kier molecular flexibility index (Phi) is 4.96. The van der Waals surface area contributed by atoms with E-state index in [1.54, 1.807) is 18.7 Å². The highest BCUT2D eigenvalue weighted by Crippen LogP contribution is 2.25. The molecule has 3 rings (SSSR count). The van der Waals surface area contributed by atoms with E-state index in [-0.39, 0.29) is 5.82 Å². The zero-order valence-electron chi connectivity index (χ0n) is 12.7. The zero-order valence-corrected chi connectivity index (χ0v) is 14.3. The van der Waals surface area contributed by atoms with Crippen molar-refractivity contribution >= 4 is 34.0 Å². The number of nitrogens with zero attached hydrogens (tertiary/aromatic N) is 4. The number of thioether (sulfide) groups is 1. The molecule has 24 heavy (non-hydrogen) atoms. The van der Waals surface area contributed by atoms with Gasteiger partial charge in [0.25, 0.3) is 0 Å². The van der Waals surface area contributed by atoms with Gasteiger partial charge in [0.1, 0.15) is 5.75 Å². The molecule has 0 fully saturated rings. The van der Waals surface area contributed by atoms with Crippen LogP contribution in [0.2, 0.25) is 0 Å². The van der Waals surface area contributed by atoms with Crippen molar-refractivity contribution in [2.75, 3.05) is 18.3 Å². The molecule has 3 aromatic rings. The quantitative estimate of drug-likeness (QED) is 0.505. The van der Waals surface area contributed by atoms with Crippen LogP contribution in [0.25, 0.3) is 0 Å². The van der Waals surface area contributed by atoms with E-state index >= 15 is 0 Å². The standard InChI is InChI=1S/C14H14N6O2S2/c1-22-10-5-3-2-4-9(10)8-24-14-19-18-11(12(21)20(14)15)17-13-16-6-7-23-13/h2-7H,8,15H2,1H3,(H,16,17,18). The first-order valence-corrected chi connectivity index (χ1v) is 8.71. The van der Waals surface area contributed by atoms with Crippen LogP contribution in [0.1, 0.15) is 5.56 Å². The first-order valence-electron chi connectivity index (χ1n) is 6.85. The van der Waals surface area contributed by atoms with Crippen LogP contribution in [0.3, 0.4) is 0 Å². The van der Waals surface area contributed by atoms with Crippen molar-refractivity contribution in [3.8, 4) is 5.75 Å². The number of thiazole rings is 1. The van der Waals surface area contributed by atoms with E-state index in [0.29, 0.717) is 16.0 Å². The number of hydrogen-bond acceptors (Lipinski definition) is 9. The molecular formula is C14H14N6O2S2. The summed E-state index contributed by atoms with van der Waals surface area (Å²) in [5.41, 5.74) is 0.506. The molecule has 8 nitrogen and oxygen atoms in total. The van der Waals surface area contributed by atoms with Crippen molar-refractivity contribution in [3.63, 3.8) is 0 Å². The summed E-state index contributed by atoms with van der Waals surface area (Å²) in [5.74, 6) is 7.20. The number of nitrogens with two attached hydrogens (primary N) is 1. The van der Waals surface area contributed by atoms with Gasteiger partial charge in [-0.2, -0.15) is 4.68 Å². The number of rotatable bonds is 6. The fraction of sp³-hybridized carbons (Fsp3) is 0.143. The summed E-state index contributed by atoms with van der Waals surface area (Å²) < 4.78 is 6.28. The van der Waals surface area contributed by atoms with Gasteiger partial charge in [-0.15, -0.1) is 21.5 Å². The molecular weight excluding hydrogens is 348 g/mol. The Morgan fingerprint density at radius 1 is 1.38 bits per heavy atom. The Balaban J connectivity index is 1.77. The molecule has 0 aliphatic carbocycles. The molecule has 2 heterocycles. The Labute approximate surface area is 145 Å². The fourth-order valence-electron chi connectivity index (χ4n) is 1.91. The van der Waals surface area contributed by atoms with Crippen LogP contribution in [0.4, 0.5) is 10.9 Å². The number of methoxy groups -OCH3 is 1. The van der Waals surface area contributed by atoms with E-state index < -0.39 is 5.56 Å². The molecule has 0 radical (unpaired) electrons. The van der Waals surface area contributed by atoms with Gasteiger partial charge in [-0.25, -0.2) is 4.98 Å². The van der Waals surface area contributed by atoms with Crippen LogP contribution < -0.4 is 21.5 Å². The van der Waals surface area contributed by atoms with Gasteiger partial charge in [0.2, 0.25) is 11.0 Å². The Morgan fingerprint density at radius 3 is 2.96 bits per heavy atom. The highest BCUT2D eigenvalue weighted by molar-refractivity contribution is 7.98. The van der Waals surface area contributed by atoms with Gasteiger partial charge in [-0.1, -0.05) is 30.0 Å². The predicted molar refractivity (Wildman–Crippen MR) is 94.4 cm³/mol. The Morgan fingerprint density at radius 2 is 2.21 bits per heavy atom. The van der Waals surface area contributed by atoms with Crippen LogP contribution in [0.5, 0.6) is 5.75 Å². The van der Waals surface area contributed by atoms with E-state index in [2.05, 4.69) is 20.5 Å². The van der Waals surface area contributed by atoms with E-state index in [0.717, 1.165) is 16.0 Å². The lowest BCUT2D eigenvalue weighted by Crippen LogP contribution is -2.32. The van der Waals surface area contributed by atoms with Crippen molar-refractivity contribution in [1.82, 2.24) is 19.9 Å². The number of anilines is 2. The molecule has 1 aromatic carbocycles. The molecule has 0 aliphatic rings. The van der Waals surface area contributed by atoms with Crippen LogP contribution in [-0.4, -0.2) is 27.0 Å². The molecule has 0 bridgehead atoms. The summed E-state index contributed by atoms with van der Waals surface area (Å²) in [6.45, 7) is 0. The van der Waals surface area contributed by atoms with E-state index in [4.69, 9.17) is 10.6 Å². The first-order chi connectivity index (χ1) is 11.7. The molecule has 0 spiro atoms. The van der Waals surface area contributed by atoms with Crippen LogP contribution >= 0.6 is 23.1 Å². The number of hydrogen-bond donors (Lipinski definition) is 2.